The molecule has 0 atom stereocenters. The summed E-state index contributed by atoms with van der Waals surface area (Å²) in [7, 11) is 2.03. The van der Waals surface area contributed by atoms with E-state index in [1.165, 1.54) is 11.3 Å². The van der Waals surface area contributed by atoms with Crippen LogP contribution in [0.15, 0.2) is 41.8 Å². The third-order valence-corrected chi connectivity index (χ3v) is 4.60. The predicted octanol–water partition coefficient (Wildman–Crippen LogP) is 2.64. The number of thiophene rings is 1. The fraction of sp³-hybridized carbons (Fsp3) is 0.333. The second-order valence-electron chi connectivity index (χ2n) is 5.40. The lowest BCUT2D eigenvalue weighted by Gasteiger charge is -2.20. The van der Waals surface area contributed by atoms with Gasteiger partial charge < -0.3 is 15.5 Å². The van der Waals surface area contributed by atoms with Crippen LogP contribution in [0.4, 0.5) is 5.69 Å². The highest BCUT2D eigenvalue weighted by Gasteiger charge is 2.09. The van der Waals surface area contributed by atoms with Gasteiger partial charge in [-0.25, -0.2) is 0 Å². The summed E-state index contributed by atoms with van der Waals surface area (Å²) in [5.41, 5.74) is 2.20. The molecule has 0 saturated carbocycles. The molecule has 0 spiro atoms. The average molecular weight is 345 g/mol. The number of rotatable bonds is 8. The van der Waals surface area contributed by atoms with Gasteiger partial charge in [-0.2, -0.15) is 0 Å². The molecule has 0 aliphatic carbocycles. The fourth-order valence-corrected chi connectivity index (χ4v) is 2.91. The zero-order chi connectivity index (χ0) is 17.4. The molecular weight excluding hydrogens is 322 g/mol. The lowest BCUT2D eigenvalue weighted by atomic mass is 10.1. The molecule has 2 rings (SSSR count). The van der Waals surface area contributed by atoms with E-state index in [4.69, 9.17) is 0 Å². The minimum Gasteiger partial charge on any atom is -0.375 e. The first kappa shape index (κ1) is 18.0. The van der Waals surface area contributed by atoms with E-state index in [1.54, 1.807) is 6.07 Å². The molecule has 128 valence electrons. The van der Waals surface area contributed by atoms with Crippen LogP contribution in [-0.2, 0) is 11.3 Å². The first-order valence-electron chi connectivity index (χ1n) is 7.99. The standard InChI is InChI=1S/C18H23N3O2S/c1-3-21(2)15-8-5-4-7-14(15)13-20-17(22)10-11-19-18(23)16-9-6-12-24-16/h4-9,12H,3,10-11,13H2,1-2H3,(H,19,23)(H,20,22). The lowest BCUT2D eigenvalue weighted by molar-refractivity contribution is -0.121. The Morgan fingerprint density at radius 2 is 1.92 bits per heavy atom. The van der Waals surface area contributed by atoms with Crippen LogP contribution in [0, 0.1) is 0 Å². The van der Waals surface area contributed by atoms with Crippen LogP contribution in [0.5, 0.6) is 0 Å². The smallest absolute Gasteiger partial charge is 0.261 e. The van der Waals surface area contributed by atoms with Gasteiger partial charge in [-0.05, 0) is 30.0 Å². The largest absolute Gasteiger partial charge is 0.375 e. The molecule has 0 saturated heterocycles. The summed E-state index contributed by atoms with van der Waals surface area (Å²) in [4.78, 5) is 26.5. The van der Waals surface area contributed by atoms with E-state index in [0.29, 0.717) is 18.0 Å². The number of nitrogens with zero attached hydrogens (tertiary/aromatic N) is 1. The van der Waals surface area contributed by atoms with E-state index in [2.05, 4.69) is 22.5 Å². The third kappa shape index (κ3) is 5.09. The van der Waals surface area contributed by atoms with Crippen LogP contribution in [0.1, 0.15) is 28.6 Å². The maximum atomic E-state index is 12.0. The van der Waals surface area contributed by atoms with Crippen molar-refractivity contribution < 1.29 is 9.59 Å². The number of anilines is 1. The van der Waals surface area contributed by atoms with E-state index >= 15 is 0 Å². The predicted molar refractivity (Wildman–Crippen MR) is 98.5 cm³/mol. The van der Waals surface area contributed by atoms with E-state index in [0.717, 1.165) is 17.8 Å². The molecule has 2 N–H and O–H groups in total. The first-order valence-corrected chi connectivity index (χ1v) is 8.87. The van der Waals surface area contributed by atoms with E-state index in [9.17, 15) is 9.59 Å². The number of hydrogen-bond donors (Lipinski definition) is 2. The average Bonchev–Trinajstić information content (AvgIpc) is 3.14. The van der Waals surface area contributed by atoms with Gasteiger partial charge in [-0.3, -0.25) is 9.59 Å². The van der Waals surface area contributed by atoms with Gasteiger partial charge >= 0.3 is 0 Å². The first-order chi connectivity index (χ1) is 11.6. The Morgan fingerprint density at radius 1 is 1.12 bits per heavy atom. The zero-order valence-electron chi connectivity index (χ0n) is 14.0. The summed E-state index contributed by atoms with van der Waals surface area (Å²) in [5.74, 6) is -0.205. The number of hydrogen-bond acceptors (Lipinski definition) is 4. The molecular formula is C18H23N3O2S. The molecule has 0 aliphatic rings. The van der Waals surface area contributed by atoms with E-state index in [-0.39, 0.29) is 18.2 Å². The van der Waals surface area contributed by atoms with Crippen molar-refractivity contribution in [1.29, 1.82) is 0 Å². The second-order valence-corrected chi connectivity index (χ2v) is 6.35. The Balaban J connectivity index is 1.76. The van der Waals surface area contributed by atoms with Crippen molar-refractivity contribution in [2.45, 2.75) is 19.9 Å². The topological polar surface area (TPSA) is 61.4 Å². The molecule has 5 nitrogen and oxygen atoms in total. The highest BCUT2D eigenvalue weighted by atomic mass is 32.1. The van der Waals surface area contributed by atoms with Crippen LogP contribution < -0.4 is 15.5 Å². The monoisotopic (exact) mass is 345 g/mol. The SMILES string of the molecule is CCN(C)c1ccccc1CNC(=O)CCNC(=O)c1cccs1. The van der Waals surface area contributed by atoms with Gasteiger partial charge in [-0.15, -0.1) is 11.3 Å². The normalized spacial score (nSPS) is 10.2. The number of amides is 2. The quantitative estimate of drug-likeness (QED) is 0.773. The Hall–Kier alpha value is -2.34. The summed E-state index contributed by atoms with van der Waals surface area (Å²) >= 11 is 1.39. The van der Waals surface area contributed by atoms with Crippen molar-refractivity contribution in [3.8, 4) is 0 Å². The molecule has 6 heteroatoms. The number of carbonyl (C=O) groups is 2. The van der Waals surface area contributed by atoms with Crippen molar-refractivity contribution >= 4 is 28.8 Å². The summed E-state index contributed by atoms with van der Waals surface area (Å²) in [5, 5.41) is 7.52. The summed E-state index contributed by atoms with van der Waals surface area (Å²) < 4.78 is 0. The number of para-hydroxylation sites is 1. The molecule has 0 fully saturated rings. The minimum absolute atomic E-state index is 0.0737. The summed E-state index contributed by atoms with van der Waals surface area (Å²) in [6.07, 6.45) is 0.267. The number of carbonyl (C=O) groups excluding carboxylic acids is 2. The zero-order valence-corrected chi connectivity index (χ0v) is 14.9. The Labute approximate surface area is 146 Å². The fourth-order valence-electron chi connectivity index (χ4n) is 2.27. The number of nitrogens with one attached hydrogen (secondary N) is 2. The Kier molecular flexibility index (Phi) is 6.81. The highest BCUT2D eigenvalue weighted by Crippen LogP contribution is 2.18. The van der Waals surface area contributed by atoms with Crippen molar-refractivity contribution in [3.63, 3.8) is 0 Å². The van der Waals surface area contributed by atoms with Gasteiger partial charge in [0.05, 0.1) is 4.88 Å². The second kappa shape index (κ2) is 9.08. The molecule has 0 aliphatic heterocycles. The van der Waals surface area contributed by atoms with Gasteiger partial charge in [0.15, 0.2) is 0 Å². The van der Waals surface area contributed by atoms with Crippen molar-refractivity contribution in [2.24, 2.45) is 0 Å². The van der Waals surface area contributed by atoms with Crippen LogP contribution in [0.25, 0.3) is 0 Å². The van der Waals surface area contributed by atoms with E-state index in [1.807, 2.05) is 42.8 Å². The van der Waals surface area contributed by atoms with Gasteiger partial charge in [0.25, 0.3) is 5.91 Å². The lowest BCUT2D eigenvalue weighted by Crippen LogP contribution is -2.30. The molecule has 1 aromatic heterocycles. The molecule has 0 unspecified atom stereocenters. The van der Waals surface area contributed by atoms with Gasteiger partial charge in [-0.1, -0.05) is 24.3 Å². The molecule has 2 amide bonds. The van der Waals surface area contributed by atoms with Crippen LogP contribution in [0.2, 0.25) is 0 Å². The van der Waals surface area contributed by atoms with Crippen molar-refractivity contribution in [3.05, 3.63) is 52.2 Å². The number of benzene rings is 1. The third-order valence-electron chi connectivity index (χ3n) is 3.74. The molecule has 24 heavy (non-hydrogen) atoms. The van der Waals surface area contributed by atoms with Gasteiger partial charge in [0, 0.05) is 38.8 Å². The van der Waals surface area contributed by atoms with Crippen molar-refractivity contribution in [2.75, 3.05) is 25.0 Å². The van der Waals surface area contributed by atoms with Crippen molar-refractivity contribution in [1.82, 2.24) is 10.6 Å². The van der Waals surface area contributed by atoms with Gasteiger partial charge in [0.2, 0.25) is 5.91 Å². The maximum absolute atomic E-state index is 12.0. The molecule has 2 aromatic rings. The van der Waals surface area contributed by atoms with E-state index < -0.39 is 0 Å². The molecule has 1 heterocycles. The molecule has 0 radical (unpaired) electrons. The Bertz CT molecular complexity index is 671. The minimum atomic E-state index is -0.132. The molecule has 1 aromatic carbocycles. The van der Waals surface area contributed by atoms with Crippen LogP contribution in [0.3, 0.4) is 0 Å². The summed E-state index contributed by atoms with van der Waals surface area (Å²) in [6, 6.07) is 11.6. The van der Waals surface area contributed by atoms with Crippen LogP contribution in [-0.4, -0.2) is 32.0 Å². The Morgan fingerprint density at radius 3 is 2.62 bits per heavy atom. The van der Waals surface area contributed by atoms with Crippen LogP contribution >= 0.6 is 11.3 Å². The molecule has 0 bridgehead atoms. The van der Waals surface area contributed by atoms with Gasteiger partial charge in [0.1, 0.15) is 0 Å². The maximum Gasteiger partial charge on any atom is 0.261 e. The summed E-state index contributed by atoms with van der Waals surface area (Å²) in [6.45, 7) is 3.81. The highest BCUT2D eigenvalue weighted by molar-refractivity contribution is 7.12.